The molecule has 4 nitrogen and oxygen atoms in total. The number of benzene rings is 1. The van der Waals surface area contributed by atoms with Crippen LogP contribution in [0.2, 0.25) is 0 Å². The number of aliphatic hydroxyl groups excluding tert-OH is 1. The van der Waals surface area contributed by atoms with Gasteiger partial charge in [0.1, 0.15) is 0 Å². The molecule has 1 amide bonds. The molecular weight excluding hydrogens is 216 g/mol. The molecule has 1 heterocycles. The summed E-state index contributed by atoms with van der Waals surface area (Å²) in [6.45, 7) is 1.81. The molecular formula is C13H18N2O2. The standard InChI is InChI=1S/C13H18N2O2/c1-15(6-7-16)5-4-10-2-3-12-11(8-10)9-13(17)14-12/h2-3,8,16H,4-7,9H2,1H3,(H,14,17). The Morgan fingerprint density at radius 2 is 2.24 bits per heavy atom. The first-order valence-corrected chi connectivity index (χ1v) is 5.90. The van der Waals surface area contributed by atoms with E-state index in [4.69, 9.17) is 5.11 Å². The van der Waals surface area contributed by atoms with E-state index in [1.807, 2.05) is 13.1 Å². The van der Waals surface area contributed by atoms with E-state index in [-0.39, 0.29) is 12.5 Å². The smallest absolute Gasteiger partial charge is 0.228 e. The third kappa shape index (κ3) is 3.05. The highest BCUT2D eigenvalue weighted by molar-refractivity contribution is 5.99. The number of aliphatic hydroxyl groups is 1. The van der Waals surface area contributed by atoms with Crippen LogP contribution in [0.1, 0.15) is 11.1 Å². The van der Waals surface area contributed by atoms with Crippen molar-refractivity contribution < 1.29 is 9.90 Å². The molecule has 1 aromatic rings. The van der Waals surface area contributed by atoms with Crippen LogP contribution in [0.15, 0.2) is 18.2 Å². The Labute approximate surface area is 101 Å². The molecule has 0 atom stereocenters. The van der Waals surface area contributed by atoms with E-state index in [0.717, 1.165) is 24.2 Å². The third-order valence-corrected chi connectivity index (χ3v) is 3.06. The molecule has 0 spiro atoms. The number of carbonyl (C=O) groups excluding carboxylic acids is 1. The van der Waals surface area contributed by atoms with Crippen LogP contribution in [0.25, 0.3) is 0 Å². The van der Waals surface area contributed by atoms with Gasteiger partial charge in [0, 0.05) is 18.8 Å². The molecule has 0 saturated carbocycles. The predicted octanol–water partition coefficient (Wildman–Crippen LogP) is 0.648. The fourth-order valence-electron chi connectivity index (χ4n) is 2.04. The Bertz CT molecular complexity index is 418. The van der Waals surface area contributed by atoms with Crippen molar-refractivity contribution in [1.29, 1.82) is 0 Å². The van der Waals surface area contributed by atoms with Gasteiger partial charge in [-0.15, -0.1) is 0 Å². The van der Waals surface area contributed by atoms with E-state index in [1.54, 1.807) is 0 Å². The highest BCUT2D eigenvalue weighted by Crippen LogP contribution is 2.23. The van der Waals surface area contributed by atoms with Crippen LogP contribution in [-0.2, 0) is 17.6 Å². The zero-order valence-corrected chi connectivity index (χ0v) is 10.1. The van der Waals surface area contributed by atoms with Gasteiger partial charge in [0.15, 0.2) is 0 Å². The number of amides is 1. The lowest BCUT2D eigenvalue weighted by molar-refractivity contribution is -0.115. The SMILES string of the molecule is CN(CCO)CCc1ccc2c(c1)CC(=O)N2. The molecule has 92 valence electrons. The molecule has 0 bridgehead atoms. The number of fused-ring (bicyclic) bond motifs is 1. The van der Waals surface area contributed by atoms with Gasteiger partial charge < -0.3 is 15.3 Å². The minimum absolute atomic E-state index is 0.0783. The molecule has 1 aliphatic heterocycles. The van der Waals surface area contributed by atoms with Gasteiger partial charge in [0.2, 0.25) is 5.91 Å². The number of likely N-dealkylation sites (N-methyl/N-ethyl adjacent to an activating group) is 1. The van der Waals surface area contributed by atoms with Crippen molar-refractivity contribution in [3.63, 3.8) is 0 Å². The fourth-order valence-corrected chi connectivity index (χ4v) is 2.04. The summed E-state index contributed by atoms with van der Waals surface area (Å²) in [7, 11) is 1.99. The van der Waals surface area contributed by atoms with E-state index in [1.165, 1.54) is 5.56 Å². The molecule has 1 aromatic carbocycles. The number of rotatable bonds is 5. The van der Waals surface area contributed by atoms with Gasteiger partial charge >= 0.3 is 0 Å². The van der Waals surface area contributed by atoms with Gasteiger partial charge in [-0.25, -0.2) is 0 Å². The molecule has 2 rings (SSSR count). The minimum atomic E-state index is 0.0783. The first-order chi connectivity index (χ1) is 8.19. The van der Waals surface area contributed by atoms with Crippen LogP contribution >= 0.6 is 0 Å². The molecule has 0 fully saturated rings. The van der Waals surface area contributed by atoms with Gasteiger partial charge in [-0.05, 0) is 30.7 Å². The molecule has 4 heteroatoms. The second kappa shape index (κ2) is 5.29. The quantitative estimate of drug-likeness (QED) is 0.786. The average molecular weight is 234 g/mol. The Hall–Kier alpha value is -1.39. The van der Waals surface area contributed by atoms with Crippen molar-refractivity contribution >= 4 is 11.6 Å². The number of carbonyl (C=O) groups is 1. The van der Waals surface area contributed by atoms with Crippen LogP contribution in [0, 0.1) is 0 Å². The third-order valence-electron chi connectivity index (χ3n) is 3.06. The number of anilines is 1. The molecule has 0 unspecified atom stereocenters. The number of nitrogens with zero attached hydrogens (tertiary/aromatic N) is 1. The molecule has 0 aliphatic carbocycles. The molecule has 17 heavy (non-hydrogen) atoms. The summed E-state index contributed by atoms with van der Waals surface area (Å²) >= 11 is 0. The summed E-state index contributed by atoms with van der Waals surface area (Å²) in [5.74, 6) is 0.0783. The van der Waals surface area contributed by atoms with Crippen LogP contribution in [0.4, 0.5) is 5.69 Å². The van der Waals surface area contributed by atoms with Crippen LogP contribution in [0.5, 0.6) is 0 Å². The largest absolute Gasteiger partial charge is 0.395 e. The van der Waals surface area contributed by atoms with Crippen molar-refractivity contribution in [2.24, 2.45) is 0 Å². The number of nitrogens with one attached hydrogen (secondary N) is 1. The van der Waals surface area contributed by atoms with Crippen LogP contribution in [0.3, 0.4) is 0 Å². The normalized spacial score (nSPS) is 13.9. The van der Waals surface area contributed by atoms with Gasteiger partial charge in [0.25, 0.3) is 0 Å². The summed E-state index contributed by atoms with van der Waals surface area (Å²) in [6.07, 6.45) is 1.44. The number of hydrogen-bond acceptors (Lipinski definition) is 3. The summed E-state index contributed by atoms with van der Waals surface area (Å²) in [6, 6.07) is 6.12. The summed E-state index contributed by atoms with van der Waals surface area (Å²) < 4.78 is 0. The maximum Gasteiger partial charge on any atom is 0.228 e. The number of hydrogen-bond donors (Lipinski definition) is 2. The molecule has 2 N–H and O–H groups in total. The van der Waals surface area contributed by atoms with Crippen molar-refractivity contribution in [3.05, 3.63) is 29.3 Å². The Balaban J connectivity index is 1.95. The maximum absolute atomic E-state index is 11.2. The molecule has 0 aromatic heterocycles. The van der Waals surface area contributed by atoms with Gasteiger partial charge in [-0.3, -0.25) is 4.79 Å². The van der Waals surface area contributed by atoms with E-state index in [0.29, 0.717) is 13.0 Å². The van der Waals surface area contributed by atoms with Gasteiger partial charge in [-0.1, -0.05) is 12.1 Å². The maximum atomic E-state index is 11.2. The van der Waals surface area contributed by atoms with E-state index in [2.05, 4.69) is 22.3 Å². The summed E-state index contributed by atoms with van der Waals surface area (Å²) in [4.78, 5) is 13.3. The van der Waals surface area contributed by atoms with Gasteiger partial charge in [-0.2, -0.15) is 0 Å². The van der Waals surface area contributed by atoms with Crippen LogP contribution in [-0.4, -0.2) is 42.7 Å². The Morgan fingerprint density at radius 3 is 3.00 bits per heavy atom. The highest BCUT2D eigenvalue weighted by Gasteiger charge is 2.17. The lowest BCUT2D eigenvalue weighted by Gasteiger charge is -2.14. The second-order valence-electron chi connectivity index (χ2n) is 4.49. The van der Waals surface area contributed by atoms with Crippen molar-refractivity contribution in [2.45, 2.75) is 12.8 Å². The lowest BCUT2D eigenvalue weighted by Crippen LogP contribution is -2.24. The first-order valence-electron chi connectivity index (χ1n) is 5.90. The fraction of sp³-hybridized carbons (Fsp3) is 0.462. The van der Waals surface area contributed by atoms with E-state index >= 15 is 0 Å². The Morgan fingerprint density at radius 1 is 1.41 bits per heavy atom. The zero-order valence-electron chi connectivity index (χ0n) is 10.1. The second-order valence-corrected chi connectivity index (χ2v) is 4.49. The summed E-state index contributed by atoms with van der Waals surface area (Å²) in [5.41, 5.74) is 3.28. The van der Waals surface area contributed by atoms with Crippen molar-refractivity contribution in [2.75, 3.05) is 32.1 Å². The first kappa shape index (κ1) is 12.1. The van der Waals surface area contributed by atoms with Gasteiger partial charge in [0.05, 0.1) is 13.0 Å². The average Bonchev–Trinajstić information content (AvgIpc) is 2.66. The zero-order chi connectivity index (χ0) is 12.3. The summed E-state index contributed by atoms with van der Waals surface area (Å²) in [5, 5.41) is 11.6. The molecule has 0 radical (unpaired) electrons. The lowest BCUT2D eigenvalue weighted by atomic mass is 10.1. The van der Waals surface area contributed by atoms with E-state index < -0.39 is 0 Å². The molecule has 0 saturated heterocycles. The highest BCUT2D eigenvalue weighted by atomic mass is 16.3. The predicted molar refractivity (Wildman–Crippen MR) is 67.1 cm³/mol. The van der Waals surface area contributed by atoms with Crippen LogP contribution < -0.4 is 5.32 Å². The topological polar surface area (TPSA) is 52.6 Å². The van der Waals surface area contributed by atoms with E-state index in [9.17, 15) is 4.79 Å². The molecule has 1 aliphatic rings. The van der Waals surface area contributed by atoms with Crippen molar-refractivity contribution in [1.82, 2.24) is 4.90 Å². The monoisotopic (exact) mass is 234 g/mol. The van der Waals surface area contributed by atoms with Crippen molar-refractivity contribution in [3.8, 4) is 0 Å². The minimum Gasteiger partial charge on any atom is -0.395 e. The Kier molecular flexibility index (Phi) is 3.76.